The van der Waals surface area contributed by atoms with Crippen LogP contribution in [0.3, 0.4) is 0 Å². The van der Waals surface area contributed by atoms with Crippen LogP contribution in [0.2, 0.25) is 0 Å². The van der Waals surface area contributed by atoms with E-state index in [9.17, 15) is 9.59 Å². The zero-order valence-corrected chi connectivity index (χ0v) is 20.8. The SMILES string of the molecule is CC(C)OCCCN1C(=O)c2ccc(-c3ccco3)n2C[C@]1(C)C(=O)NC1CCCCCCC1. The molecular formula is C27H39N3O4. The van der Waals surface area contributed by atoms with Crippen LogP contribution in [-0.2, 0) is 16.1 Å². The highest BCUT2D eigenvalue weighted by Gasteiger charge is 2.48. The predicted molar refractivity (Wildman–Crippen MR) is 132 cm³/mol. The van der Waals surface area contributed by atoms with Crippen LogP contribution in [-0.4, -0.2) is 52.1 Å². The summed E-state index contributed by atoms with van der Waals surface area (Å²) in [5, 5.41) is 3.33. The Morgan fingerprint density at radius 2 is 1.85 bits per heavy atom. The smallest absolute Gasteiger partial charge is 0.271 e. The van der Waals surface area contributed by atoms with E-state index in [2.05, 4.69) is 5.32 Å². The molecule has 1 atom stereocenters. The molecule has 0 bridgehead atoms. The second-order valence-electron chi connectivity index (χ2n) is 10.2. The second-order valence-corrected chi connectivity index (χ2v) is 10.2. The summed E-state index contributed by atoms with van der Waals surface area (Å²) < 4.78 is 13.3. The summed E-state index contributed by atoms with van der Waals surface area (Å²) in [5.41, 5.74) is 0.415. The third-order valence-corrected chi connectivity index (χ3v) is 7.19. The molecule has 1 N–H and O–H groups in total. The molecule has 2 aromatic rings. The first-order valence-electron chi connectivity index (χ1n) is 12.9. The fraction of sp³-hybridized carbons (Fsp3) is 0.630. The summed E-state index contributed by atoms with van der Waals surface area (Å²) in [7, 11) is 0. The molecule has 1 aliphatic carbocycles. The maximum Gasteiger partial charge on any atom is 0.271 e. The van der Waals surface area contributed by atoms with Crippen LogP contribution in [0.15, 0.2) is 34.9 Å². The van der Waals surface area contributed by atoms with Gasteiger partial charge in [-0.2, -0.15) is 0 Å². The van der Waals surface area contributed by atoms with Gasteiger partial charge in [-0.25, -0.2) is 0 Å². The number of amides is 2. The number of furan rings is 1. The number of nitrogens with one attached hydrogen (secondary N) is 1. The lowest BCUT2D eigenvalue weighted by Crippen LogP contribution is -2.65. The third kappa shape index (κ3) is 5.24. The molecule has 0 radical (unpaired) electrons. The molecule has 3 heterocycles. The quantitative estimate of drug-likeness (QED) is 0.552. The third-order valence-electron chi connectivity index (χ3n) is 7.19. The minimum Gasteiger partial charge on any atom is -0.463 e. The maximum absolute atomic E-state index is 13.8. The van der Waals surface area contributed by atoms with E-state index in [0.717, 1.165) is 31.4 Å². The lowest BCUT2D eigenvalue weighted by molar-refractivity contribution is -0.134. The van der Waals surface area contributed by atoms with Crippen molar-refractivity contribution in [1.82, 2.24) is 14.8 Å². The van der Waals surface area contributed by atoms with Gasteiger partial charge in [0.05, 0.1) is 24.6 Å². The summed E-state index contributed by atoms with van der Waals surface area (Å²) in [6, 6.07) is 7.63. The molecule has 34 heavy (non-hydrogen) atoms. The molecule has 7 nitrogen and oxygen atoms in total. The average molecular weight is 470 g/mol. The Morgan fingerprint density at radius 1 is 1.15 bits per heavy atom. The minimum absolute atomic E-state index is 0.0686. The molecule has 0 spiro atoms. The first-order chi connectivity index (χ1) is 16.4. The molecule has 0 saturated heterocycles. The maximum atomic E-state index is 13.8. The van der Waals surface area contributed by atoms with Gasteiger partial charge in [-0.15, -0.1) is 0 Å². The van der Waals surface area contributed by atoms with Crippen LogP contribution >= 0.6 is 0 Å². The van der Waals surface area contributed by atoms with E-state index in [1.807, 2.05) is 49.6 Å². The molecule has 186 valence electrons. The molecule has 7 heteroatoms. The average Bonchev–Trinajstić information content (AvgIpc) is 3.44. The van der Waals surface area contributed by atoms with Gasteiger partial charge in [-0.05, 0) is 64.3 Å². The first-order valence-corrected chi connectivity index (χ1v) is 12.9. The van der Waals surface area contributed by atoms with Crippen molar-refractivity contribution in [3.63, 3.8) is 0 Å². The summed E-state index contributed by atoms with van der Waals surface area (Å²) in [5.74, 6) is 0.505. The molecule has 4 rings (SSSR count). The van der Waals surface area contributed by atoms with Crippen LogP contribution in [0.5, 0.6) is 0 Å². The van der Waals surface area contributed by atoms with Gasteiger partial charge in [0.1, 0.15) is 17.0 Å². The summed E-state index contributed by atoms with van der Waals surface area (Å²) in [6.07, 6.45) is 10.5. The van der Waals surface area contributed by atoms with Gasteiger partial charge in [0.15, 0.2) is 0 Å². The number of hydrogen-bond acceptors (Lipinski definition) is 4. The van der Waals surface area contributed by atoms with Crippen LogP contribution in [0, 0.1) is 0 Å². The summed E-state index contributed by atoms with van der Waals surface area (Å²) in [4.78, 5) is 29.3. The summed E-state index contributed by atoms with van der Waals surface area (Å²) >= 11 is 0. The predicted octanol–water partition coefficient (Wildman–Crippen LogP) is 5.01. The number of nitrogens with zero attached hydrogens (tertiary/aromatic N) is 2. The molecule has 2 aromatic heterocycles. The number of hydrogen-bond donors (Lipinski definition) is 1. The Kier molecular flexibility index (Phi) is 7.81. The first kappa shape index (κ1) is 24.6. The van der Waals surface area contributed by atoms with Crippen molar-refractivity contribution in [2.45, 2.75) is 96.4 Å². The van der Waals surface area contributed by atoms with Crippen molar-refractivity contribution in [3.8, 4) is 11.5 Å². The van der Waals surface area contributed by atoms with Gasteiger partial charge in [0, 0.05) is 19.2 Å². The van der Waals surface area contributed by atoms with Crippen LogP contribution in [0.25, 0.3) is 11.5 Å². The molecule has 0 aromatic carbocycles. The fourth-order valence-electron chi connectivity index (χ4n) is 5.25. The van der Waals surface area contributed by atoms with Gasteiger partial charge < -0.3 is 23.9 Å². The molecule has 2 amide bonds. The Morgan fingerprint density at radius 3 is 2.53 bits per heavy atom. The van der Waals surface area contributed by atoms with Crippen molar-refractivity contribution in [2.75, 3.05) is 13.2 Å². The van der Waals surface area contributed by atoms with E-state index < -0.39 is 5.54 Å². The molecular weight excluding hydrogens is 430 g/mol. The van der Waals surface area contributed by atoms with E-state index >= 15 is 0 Å². The van der Waals surface area contributed by atoms with Gasteiger partial charge in [-0.1, -0.05) is 32.1 Å². The van der Waals surface area contributed by atoms with Gasteiger partial charge in [0.25, 0.3) is 5.91 Å². The Labute approximate surface area is 202 Å². The van der Waals surface area contributed by atoms with E-state index in [1.165, 1.54) is 19.3 Å². The fourth-order valence-corrected chi connectivity index (χ4v) is 5.25. The zero-order valence-electron chi connectivity index (χ0n) is 20.8. The van der Waals surface area contributed by atoms with E-state index in [1.54, 1.807) is 11.2 Å². The van der Waals surface area contributed by atoms with Crippen LogP contribution in [0.1, 0.15) is 82.6 Å². The van der Waals surface area contributed by atoms with Crippen molar-refractivity contribution >= 4 is 11.8 Å². The zero-order chi connectivity index (χ0) is 24.1. The highest BCUT2D eigenvalue weighted by molar-refractivity contribution is 6.00. The topological polar surface area (TPSA) is 76.7 Å². The minimum atomic E-state index is -0.995. The van der Waals surface area contributed by atoms with Crippen molar-refractivity contribution < 1.29 is 18.7 Å². The lowest BCUT2D eigenvalue weighted by atomic mass is 9.92. The largest absolute Gasteiger partial charge is 0.463 e. The number of carbonyl (C=O) groups excluding carboxylic acids is 2. The van der Waals surface area contributed by atoms with E-state index in [4.69, 9.17) is 9.15 Å². The van der Waals surface area contributed by atoms with E-state index in [0.29, 0.717) is 37.6 Å². The van der Waals surface area contributed by atoms with E-state index in [-0.39, 0.29) is 24.0 Å². The standard InChI is InChI=1S/C27H39N3O4/c1-20(2)33-18-10-16-30-25(31)23-15-14-22(24-13-9-17-34-24)29(23)19-27(30,3)26(32)28-21-11-7-5-4-6-8-12-21/h9,13-15,17,20-21H,4-8,10-12,16,18-19H2,1-3H3,(H,28,32)/t27-/m1/s1. The van der Waals surface area contributed by atoms with Gasteiger partial charge in [-0.3, -0.25) is 9.59 Å². The number of ether oxygens (including phenoxy) is 1. The van der Waals surface area contributed by atoms with Crippen LogP contribution in [0.4, 0.5) is 0 Å². The molecule has 1 saturated carbocycles. The Hall–Kier alpha value is -2.54. The number of rotatable bonds is 8. The molecule has 2 aliphatic rings. The molecule has 0 unspecified atom stereocenters. The Balaban J connectivity index is 1.60. The normalized spacial score (nSPS) is 21.9. The van der Waals surface area contributed by atoms with Crippen molar-refractivity contribution in [3.05, 3.63) is 36.2 Å². The monoisotopic (exact) mass is 469 g/mol. The van der Waals surface area contributed by atoms with Crippen LogP contribution < -0.4 is 5.32 Å². The highest BCUT2D eigenvalue weighted by Crippen LogP contribution is 2.34. The van der Waals surface area contributed by atoms with Gasteiger partial charge in [0.2, 0.25) is 5.91 Å². The number of aromatic nitrogens is 1. The number of carbonyl (C=O) groups is 2. The lowest BCUT2D eigenvalue weighted by Gasteiger charge is -2.45. The van der Waals surface area contributed by atoms with Crippen molar-refractivity contribution in [2.24, 2.45) is 0 Å². The second kappa shape index (κ2) is 10.8. The van der Waals surface area contributed by atoms with Gasteiger partial charge >= 0.3 is 0 Å². The number of fused-ring (bicyclic) bond motifs is 1. The molecule has 1 fully saturated rings. The summed E-state index contributed by atoms with van der Waals surface area (Å²) in [6.45, 7) is 7.33. The Bertz CT molecular complexity index is 957. The highest BCUT2D eigenvalue weighted by atomic mass is 16.5. The molecule has 1 aliphatic heterocycles. The van der Waals surface area contributed by atoms with Crippen molar-refractivity contribution in [1.29, 1.82) is 0 Å².